The molecule has 22 heavy (non-hydrogen) atoms. The van der Waals surface area contributed by atoms with E-state index in [4.69, 9.17) is 4.74 Å². The molecule has 4 nitrogen and oxygen atoms in total. The third kappa shape index (κ3) is 5.34. The van der Waals surface area contributed by atoms with Gasteiger partial charge < -0.3 is 14.7 Å². The molecule has 1 fully saturated rings. The lowest BCUT2D eigenvalue weighted by Crippen LogP contribution is -2.35. The average molecular weight is 307 g/mol. The number of rotatable bonds is 2. The fourth-order valence-electron chi connectivity index (χ4n) is 2.46. The SMILES string of the molecule is CC.CC(C)(C)OC(=O)N1CCC(C(O)c2ccccc2)C1. The lowest BCUT2D eigenvalue weighted by molar-refractivity contribution is 0.0268. The van der Waals surface area contributed by atoms with Crippen molar-refractivity contribution >= 4 is 6.09 Å². The summed E-state index contributed by atoms with van der Waals surface area (Å²) in [6.45, 7) is 10.8. The molecule has 0 aliphatic carbocycles. The number of ether oxygens (including phenoxy) is 1. The molecule has 1 aliphatic heterocycles. The molecule has 0 radical (unpaired) electrons. The van der Waals surface area contributed by atoms with E-state index in [1.807, 2.05) is 65.0 Å². The molecular weight excluding hydrogens is 278 g/mol. The normalized spacial score (nSPS) is 19.2. The van der Waals surface area contributed by atoms with Crippen molar-refractivity contribution in [2.45, 2.75) is 52.7 Å². The summed E-state index contributed by atoms with van der Waals surface area (Å²) in [5, 5.41) is 10.4. The molecule has 1 heterocycles. The van der Waals surface area contributed by atoms with Crippen molar-refractivity contribution in [3.8, 4) is 0 Å². The Labute approximate surface area is 134 Å². The minimum absolute atomic E-state index is 0.0740. The fourth-order valence-corrected chi connectivity index (χ4v) is 2.46. The van der Waals surface area contributed by atoms with E-state index >= 15 is 0 Å². The van der Waals surface area contributed by atoms with Gasteiger partial charge in [0.05, 0.1) is 6.10 Å². The highest BCUT2D eigenvalue weighted by atomic mass is 16.6. The largest absolute Gasteiger partial charge is 0.444 e. The number of aliphatic hydroxyl groups is 1. The number of carbonyl (C=O) groups excluding carboxylic acids is 1. The Morgan fingerprint density at radius 1 is 1.27 bits per heavy atom. The minimum atomic E-state index is -0.524. The summed E-state index contributed by atoms with van der Waals surface area (Å²) < 4.78 is 5.36. The van der Waals surface area contributed by atoms with Crippen LogP contribution < -0.4 is 0 Å². The van der Waals surface area contributed by atoms with Crippen LogP contribution in [-0.4, -0.2) is 34.8 Å². The predicted octanol–water partition coefficient (Wildman–Crippen LogP) is 4.00. The van der Waals surface area contributed by atoms with E-state index < -0.39 is 11.7 Å². The van der Waals surface area contributed by atoms with Crippen LogP contribution in [0, 0.1) is 5.92 Å². The Kier molecular flexibility index (Phi) is 6.88. The summed E-state index contributed by atoms with van der Waals surface area (Å²) in [6, 6.07) is 9.59. The predicted molar refractivity (Wildman–Crippen MR) is 88.7 cm³/mol. The summed E-state index contributed by atoms with van der Waals surface area (Å²) in [4.78, 5) is 13.7. The van der Waals surface area contributed by atoms with Gasteiger partial charge in [-0.3, -0.25) is 0 Å². The molecule has 1 amide bonds. The van der Waals surface area contributed by atoms with Crippen LogP contribution in [0.3, 0.4) is 0 Å². The van der Waals surface area contributed by atoms with Crippen LogP contribution in [-0.2, 0) is 4.74 Å². The van der Waals surface area contributed by atoms with Gasteiger partial charge in [0.2, 0.25) is 0 Å². The highest BCUT2D eigenvalue weighted by molar-refractivity contribution is 5.68. The Balaban J connectivity index is 0.00000116. The van der Waals surface area contributed by atoms with Crippen LogP contribution in [0.4, 0.5) is 4.79 Å². The fraction of sp³-hybridized carbons (Fsp3) is 0.611. The molecule has 1 N–H and O–H groups in total. The van der Waals surface area contributed by atoms with E-state index in [1.165, 1.54) is 0 Å². The van der Waals surface area contributed by atoms with Crippen LogP contribution in [0.2, 0.25) is 0 Å². The lowest BCUT2D eigenvalue weighted by atomic mass is 9.95. The monoisotopic (exact) mass is 307 g/mol. The Bertz CT molecular complexity index is 453. The second kappa shape index (κ2) is 8.18. The molecule has 2 rings (SSSR count). The average Bonchev–Trinajstić information content (AvgIpc) is 2.98. The molecule has 1 aliphatic rings. The van der Waals surface area contributed by atoms with E-state index in [9.17, 15) is 9.90 Å². The smallest absolute Gasteiger partial charge is 0.410 e. The maximum absolute atomic E-state index is 12.0. The first kappa shape index (κ1) is 18.5. The molecule has 1 saturated heterocycles. The van der Waals surface area contributed by atoms with E-state index in [0.717, 1.165) is 12.0 Å². The summed E-state index contributed by atoms with van der Waals surface area (Å²) in [7, 11) is 0. The zero-order valence-electron chi connectivity index (χ0n) is 14.4. The van der Waals surface area contributed by atoms with Gasteiger partial charge in [-0.2, -0.15) is 0 Å². The second-order valence-corrected chi connectivity index (χ2v) is 6.33. The van der Waals surface area contributed by atoms with Crippen LogP contribution in [0.5, 0.6) is 0 Å². The number of likely N-dealkylation sites (tertiary alicyclic amines) is 1. The molecule has 1 aromatic rings. The molecule has 0 bridgehead atoms. The van der Waals surface area contributed by atoms with Crippen LogP contribution in [0.25, 0.3) is 0 Å². The van der Waals surface area contributed by atoms with Gasteiger partial charge in [0.25, 0.3) is 0 Å². The van der Waals surface area contributed by atoms with Crippen molar-refractivity contribution in [2.75, 3.05) is 13.1 Å². The second-order valence-electron chi connectivity index (χ2n) is 6.33. The van der Waals surface area contributed by atoms with Gasteiger partial charge in [-0.25, -0.2) is 4.79 Å². The zero-order valence-corrected chi connectivity index (χ0v) is 14.4. The summed E-state index contributed by atoms with van der Waals surface area (Å²) in [6.07, 6.45) is -0.0149. The van der Waals surface area contributed by atoms with Crippen molar-refractivity contribution in [1.29, 1.82) is 0 Å². The zero-order chi connectivity index (χ0) is 16.8. The molecule has 0 spiro atoms. The topological polar surface area (TPSA) is 49.8 Å². The van der Waals surface area contributed by atoms with Gasteiger partial charge in [0, 0.05) is 19.0 Å². The van der Waals surface area contributed by atoms with Gasteiger partial charge in [0.1, 0.15) is 5.60 Å². The van der Waals surface area contributed by atoms with Crippen LogP contribution in [0.15, 0.2) is 30.3 Å². The molecular formula is C18H29NO3. The van der Waals surface area contributed by atoms with Gasteiger partial charge in [0.15, 0.2) is 0 Å². The number of carbonyl (C=O) groups is 1. The van der Waals surface area contributed by atoms with Gasteiger partial charge in [-0.15, -0.1) is 0 Å². The van der Waals surface area contributed by atoms with Gasteiger partial charge >= 0.3 is 6.09 Å². The quantitative estimate of drug-likeness (QED) is 0.898. The maximum atomic E-state index is 12.0. The van der Waals surface area contributed by atoms with Crippen molar-refractivity contribution in [3.05, 3.63) is 35.9 Å². The van der Waals surface area contributed by atoms with Crippen molar-refractivity contribution in [1.82, 2.24) is 4.90 Å². The Morgan fingerprint density at radius 2 is 1.86 bits per heavy atom. The van der Waals surface area contributed by atoms with E-state index in [1.54, 1.807) is 4.90 Å². The molecule has 2 atom stereocenters. The van der Waals surface area contributed by atoms with Crippen molar-refractivity contribution in [3.63, 3.8) is 0 Å². The number of nitrogens with zero attached hydrogens (tertiary/aromatic N) is 1. The van der Waals surface area contributed by atoms with Crippen LogP contribution >= 0.6 is 0 Å². The van der Waals surface area contributed by atoms with Gasteiger partial charge in [-0.1, -0.05) is 44.2 Å². The summed E-state index contributed by atoms with van der Waals surface area (Å²) >= 11 is 0. The van der Waals surface area contributed by atoms with E-state index in [0.29, 0.717) is 13.1 Å². The molecule has 1 aromatic carbocycles. The number of aliphatic hydroxyl groups excluding tert-OH is 1. The number of benzene rings is 1. The Morgan fingerprint density at radius 3 is 2.41 bits per heavy atom. The first-order valence-electron chi connectivity index (χ1n) is 8.08. The van der Waals surface area contributed by atoms with Crippen molar-refractivity contribution in [2.24, 2.45) is 5.92 Å². The number of hydrogen-bond acceptors (Lipinski definition) is 3. The van der Waals surface area contributed by atoms with Crippen LogP contribution in [0.1, 0.15) is 52.7 Å². The highest BCUT2D eigenvalue weighted by Crippen LogP contribution is 2.30. The first-order chi connectivity index (χ1) is 10.4. The number of hydrogen-bond donors (Lipinski definition) is 1. The third-order valence-corrected chi connectivity index (χ3v) is 3.46. The van der Waals surface area contributed by atoms with Crippen molar-refractivity contribution < 1.29 is 14.6 Å². The standard InChI is InChI=1S/C16H23NO3.C2H6/c1-16(2,3)20-15(19)17-10-9-13(11-17)14(18)12-7-5-4-6-8-12;1-2/h4-8,13-14,18H,9-11H2,1-3H3;1-2H3. The summed E-state index contributed by atoms with van der Waals surface area (Å²) in [5.41, 5.74) is 0.427. The molecule has 2 unspecified atom stereocenters. The third-order valence-electron chi connectivity index (χ3n) is 3.46. The molecule has 0 saturated carbocycles. The molecule has 4 heteroatoms. The number of amides is 1. The maximum Gasteiger partial charge on any atom is 0.410 e. The highest BCUT2D eigenvalue weighted by Gasteiger charge is 2.33. The first-order valence-corrected chi connectivity index (χ1v) is 8.08. The molecule has 124 valence electrons. The Hall–Kier alpha value is -1.55. The van der Waals surface area contributed by atoms with E-state index in [-0.39, 0.29) is 12.0 Å². The minimum Gasteiger partial charge on any atom is -0.444 e. The lowest BCUT2D eigenvalue weighted by Gasteiger charge is -2.25. The summed E-state index contributed by atoms with van der Waals surface area (Å²) in [5.74, 6) is 0.0740. The van der Waals surface area contributed by atoms with Gasteiger partial charge in [-0.05, 0) is 32.8 Å². The van der Waals surface area contributed by atoms with E-state index in [2.05, 4.69) is 0 Å². The molecule has 0 aromatic heterocycles.